The number of nitrogens with zero attached hydrogens (tertiary/aromatic N) is 3. The van der Waals surface area contributed by atoms with E-state index in [0.717, 1.165) is 0 Å². The molecule has 5 N–H and O–H groups in total. The topological polar surface area (TPSA) is 134 Å². The maximum Gasteiger partial charge on any atom is 0.223 e. The van der Waals surface area contributed by atoms with Crippen molar-refractivity contribution in [1.29, 1.82) is 0 Å². The van der Waals surface area contributed by atoms with Crippen LogP contribution < -0.4 is 11.1 Å². The fraction of sp³-hybridized carbons (Fsp3) is 0.556. The molecule has 1 heterocycles. The van der Waals surface area contributed by atoms with E-state index in [1.807, 2.05) is 0 Å². The van der Waals surface area contributed by atoms with Gasteiger partial charge in [0.25, 0.3) is 0 Å². The van der Waals surface area contributed by atoms with Crippen LogP contribution in [0.25, 0.3) is 0 Å². The van der Waals surface area contributed by atoms with Crippen molar-refractivity contribution < 1.29 is 10.2 Å². The van der Waals surface area contributed by atoms with E-state index < -0.39 is 0 Å². The molecule has 100 valence electrons. The largest absolute Gasteiger partial charge is 0.396 e. The van der Waals surface area contributed by atoms with Gasteiger partial charge in [-0.3, -0.25) is 0 Å². The number of nitroso groups, excluding NO2 is 1. The Kier molecular flexibility index (Phi) is 5.69. The standard InChI is InChI=1S/C9H14ClN5O3/c10-7-6(15-18)8(14-9(11)13-7)12-2-1-5(3-16)4-17/h5,16-17H,1-4H2,(H3,11,12,13,14). The van der Waals surface area contributed by atoms with Gasteiger partial charge in [0.2, 0.25) is 5.95 Å². The van der Waals surface area contributed by atoms with Gasteiger partial charge in [0.1, 0.15) is 0 Å². The quantitative estimate of drug-likeness (QED) is 0.421. The van der Waals surface area contributed by atoms with Gasteiger partial charge in [0.05, 0.1) is 0 Å². The zero-order valence-corrected chi connectivity index (χ0v) is 10.3. The monoisotopic (exact) mass is 275 g/mol. The Bertz CT molecular complexity index is 413. The second kappa shape index (κ2) is 7.04. The lowest BCUT2D eigenvalue weighted by Gasteiger charge is -2.12. The van der Waals surface area contributed by atoms with E-state index >= 15 is 0 Å². The summed E-state index contributed by atoms with van der Waals surface area (Å²) in [7, 11) is 0. The maximum absolute atomic E-state index is 10.6. The molecule has 0 aliphatic rings. The Morgan fingerprint density at radius 1 is 1.39 bits per heavy atom. The highest BCUT2D eigenvalue weighted by atomic mass is 35.5. The van der Waals surface area contributed by atoms with E-state index in [-0.39, 0.29) is 41.7 Å². The zero-order valence-electron chi connectivity index (χ0n) is 9.51. The number of aromatic nitrogens is 2. The normalized spacial score (nSPS) is 10.7. The molecule has 0 aliphatic carbocycles. The van der Waals surface area contributed by atoms with Crippen LogP contribution in [0.15, 0.2) is 5.18 Å². The zero-order chi connectivity index (χ0) is 13.5. The smallest absolute Gasteiger partial charge is 0.223 e. The van der Waals surface area contributed by atoms with Crippen molar-refractivity contribution in [2.45, 2.75) is 6.42 Å². The second-order valence-electron chi connectivity index (χ2n) is 3.61. The van der Waals surface area contributed by atoms with Gasteiger partial charge in [-0.1, -0.05) is 11.6 Å². The van der Waals surface area contributed by atoms with E-state index in [2.05, 4.69) is 20.5 Å². The highest BCUT2D eigenvalue weighted by molar-refractivity contribution is 6.32. The summed E-state index contributed by atoms with van der Waals surface area (Å²) in [5.41, 5.74) is 5.28. The highest BCUT2D eigenvalue weighted by Crippen LogP contribution is 2.30. The third kappa shape index (κ3) is 3.76. The number of rotatable bonds is 7. The molecule has 0 atom stereocenters. The lowest BCUT2D eigenvalue weighted by molar-refractivity contribution is 0.146. The second-order valence-corrected chi connectivity index (χ2v) is 3.97. The fourth-order valence-electron chi connectivity index (χ4n) is 1.28. The van der Waals surface area contributed by atoms with Crippen LogP contribution in [-0.2, 0) is 0 Å². The highest BCUT2D eigenvalue weighted by Gasteiger charge is 2.13. The van der Waals surface area contributed by atoms with Gasteiger partial charge >= 0.3 is 0 Å². The van der Waals surface area contributed by atoms with Gasteiger partial charge in [0.15, 0.2) is 16.7 Å². The Labute approximate surface area is 108 Å². The number of nitrogens with two attached hydrogens (primary N) is 1. The molecule has 9 heteroatoms. The Morgan fingerprint density at radius 2 is 2.06 bits per heavy atom. The van der Waals surface area contributed by atoms with Crippen molar-refractivity contribution >= 4 is 29.1 Å². The molecule has 1 aromatic heterocycles. The number of halogens is 1. The van der Waals surface area contributed by atoms with Crippen LogP contribution in [0.1, 0.15) is 6.42 Å². The number of nitrogens with one attached hydrogen (secondary N) is 1. The lowest BCUT2D eigenvalue weighted by atomic mass is 10.1. The molecule has 0 radical (unpaired) electrons. The Balaban J connectivity index is 2.69. The van der Waals surface area contributed by atoms with E-state index in [9.17, 15) is 4.91 Å². The summed E-state index contributed by atoms with van der Waals surface area (Å²) in [6.07, 6.45) is 0.493. The first-order valence-corrected chi connectivity index (χ1v) is 5.62. The molecule has 0 saturated heterocycles. The third-order valence-electron chi connectivity index (χ3n) is 2.31. The summed E-state index contributed by atoms with van der Waals surface area (Å²) in [4.78, 5) is 18.0. The fourth-order valence-corrected chi connectivity index (χ4v) is 1.49. The molecular formula is C9H14ClN5O3. The van der Waals surface area contributed by atoms with Gasteiger partial charge in [-0.2, -0.15) is 9.97 Å². The summed E-state index contributed by atoms with van der Waals surface area (Å²) >= 11 is 5.69. The van der Waals surface area contributed by atoms with Gasteiger partial charge in [-0.05, 0) is 11.6 Å². The molecule has 0 amide bonds. The summed E-state index contributed by atoms with van der Waals surface area (Å²) in [6, 6.07) is 0. The molecule has 0 bridgehead atoms. The van der Waals surface area contributed by atoms with Gasteiger partial charge < -0.3 is 21.3 Å². The first kappa shape index (κ1) is 14.6. The molecule has 1 aromatic rings. The number of hydrogen-bond acceptors (Lipinski definition) is 8. The molecule has 0 aliphatic heterocycles. The minimum Gasteiger partial charge on any atom is -0.396 e. The predicted octanol–water partition coefficient (Wildman–Crippen LogP) is 0.513. The average molecular weight is 276 g/mol. The summed E-state index contributed by atoms with van der Waals surface area (Å²) in [6.45, 7) is 0.133. The van der Waals surface area contributed by atoms with Crippen molar-refractivity contribution in [2.75, 3.05) is 30.8 Å². The van der Waals surface area contributed by atoms with E-state index in [1.165, 1.54) is 0 Å². The first-order valence-electron chi connectivity index (χ1n) is 5.24. The number of aliphatic hydroxyl groups excluding tert-OH is 2. The van der Waals surface area contributed by atoms with Crippen LogP contribution in [0.5, 0.6) is 0 Å². The number of nitrogen functional groups attached to an aromatic ring is 1. The minimum absolute atomic E-state index is 0.0734. The minimum atomic E-state index is -0.236. The molecule has 0 unspecified atom stereocenters. The molecule has 0 saturated carbocycles. The number of hydrogen-bond donors (Lipinski definition) is 4. The summed E-state index contributed by atoms with van der Waals surface area (Å²) < 4.78 is 0. The lowest BCUT2D eigenvalue weighted by Crippen LogP contribution is -2.16. The van der Waals surface area contributed by atoms with E-state index in [1.54, 1.807) is 0 Å². The van der Waals surface area contributed by atoms with Crippen molar-refractivity contribution in [2.24, 2.45) is 11.1 Å². The third-order valence-corrected chi connectivity index (χ3v) is 2.58. The van der Waals surface area contributed by atoms with Crippen LogP contribution in [0.3, 0.4) is 0 Å². The summed E-state index contributed by atoms with van der Waals surface area (Å²) in [5.74, 6) is -0.173. The number of aliphatic hydroxyl groups is 2. The van der Waals surface area contributed by atoms with Crippen LogP contribution in [-0.4, -0.2) is 39.9 Å². The van der Waals surface area contributed by atoms with Gasteiger partial charge in [0, 0.05) is 25.7 Å². The molecular weight excluding hydrogens is 262 g/mol. The van der Waals surface area contributed by atoms with Crippen LogP contribution >= 0.6 is 11.6 Å². The molecule has 18 heavy (non-hydrogen) atoms. The van der Waals surface area contributed by atoms with E-state index in [4.69, 9.17) is 27.5 Å². The van der Waals surface area contributed by atoms with Crippen molar-refractivity contribution in [3.63, 3.8) is 0 Å². The van der Waals surface area contributed by atoms with Gasteiger partial charge in [-0.15, -0.1) is 4.91 Å². The summed E-state index contributed by atoms with van der Waals surface area (Å²) in [5, 5.41) is 23.2. The van der Waals surface area contributed by atoms with Crippen LogP contribution in [0.2, 0.25) is 5.15 Å². The van der Waals surface area contributed by atoms with Crippen LogP contribution in [0, 0.1) is 10.8 Å². The van der Waals surface area contributed by atoms with Crippen molar-refractivity contribution in [1.82, 2.24) is 9.97 Å². The maximum atomic E-state index is 10.6. The van der Waals surface area contributed by atoms with E-state index in [0.29, 0.717) is 13.0 Å². The Morgan fingerprint density at radius 3 is 2.61 bits per heavy atom. The average Bonchev–Trinajstić information content (AvgIpc) is 2.34. The molecule has 8 nitrogen and oxygen atoms in total. The molecule has 1 rings (SSSR count). The SMILES string of the molecule is Nc1nc(Cl)c(N=O)c(NCCC(CO)CO)n1. The predicted molar refractivity (Wildman–Crippen MR) is 67.7 cm³/mol. The Hall–Kier alpha value is -1.51. The first-order chi connectivity index (χ1) is 8.62. The van der Waals surface area contributed by atoms with Crippen molar-refractivity contribution in [3.05, 3.63) is 10.1 Å². The molecule has 0 aromatic carbocycles. The number of anilines is 2. The molecule has 0 fully saturated rings. The van der Waals surface area contributed by atoms with Crippen LogP contribution in [0.4, 0.5) is 17.5 Å². The molecule has 0 spiro atoms. The van der Waals surface area contributed by atoms with Gasteiger partial charge in [-0.25, -0.2) is 0 Å². The van der Waals surface area contributed by atoms with Crippen molar-refractivity contribution in [3.8, 4) is 0 Å².